The van der Waals surface area contributed by atoms with E-state index >= 15 is 0 Å². The third kappa shape index (κ3) is 2.42. The van der Waals surface area contributed by atoms with Crippen molar-refractivity contribution >= 4 is 5.65 Å². The topological polar surface area (TPSA) is 39.4 Å². The summed E-state index contributed by atoms with van der Waals surface area (Å²) in [7, 11) is 1.55. The number of ether oxygens (including phenoxy) is 1. The summed E-state index contributed by atoms with van der Waals surface area (Å²) in [6.45, 7) is 0. The average Bonchev–Trinajstić information content (AvgIpc) is 2.90. The monoisotopic (exact) mass is 293 g/mol. The minimum absolute atomic E-state index is 0.152. The molecule has 0 amide bonds. The number of halogens is 3. The number of fused-ring (bicyclic) bond motifs is 1. The smallest absolute Gasteiger partial charge is 0.452 e. The molecule has 4 nitrogen and oxygen atoms in total. The summed E-state index contributed by atoms with van der Waals surface area (Å²) in [6, 6.07) is 10.2. The van der Waals surface area contributed by atoms with Crippen LogP contribution in [0.5, 0.6) is 5.75 Å². The summed E-state index contributed by atoms with van der Waals surface area (Å²) in [5, 5.41) is 6.72. The number of hydrogen-bond acceptors (Lipinski definition) is 3. The Labute approximate surface area is 117 Å². The summed E-state index contributed by atoms with van der Waals surface area (Å²) in [5.74, 6) is -0.354. The normalized spacial score (nSPS) is 11.8. The van der Waals surface area contributed by atoms with Gasteiger partial charge in [-0.15, -0.1) is 10.2 Å². The number of nitrogens with zero attached hydrogens (tertiary/aromatic N) is 3. The van der Waals surface area contributed by atoms with E-state index in [0.717, 1.165) is 9.96 Å². The Morgan fingerprint density at radius 2 is 1.62 bits per heavy atom. The van der Waals surface area contributed by atoms with Crippen molar-refractivity contribution in [2.24, 2.45) is 0 Å². The van der Waals surface area contributed by atoms with Gasteiger partial charge in [0.1, 0.15) is 5.75 Å². The largest absolute Gasteiger partial charge is 0.497 e. The van der Waals surface area contributed by atoms with Crippen LogP contribution in [0.1, 0.15) is 5.82 Å². The minimum Gasteiger partial charge on any atom is -0.497 e. The zero-order valence-electron chi connectivity index (χ0n) is 10.9. The van der Waals surface area contributed by atoms with Gasteiger partial charge in [0.2, 0.25) is 5.82 Å². The zero-order valence-corrected chi connectivity index (χ0v) is 10.9. The molecule has 0 saturated carbocycles. The maximum absolute atomic E-state index is 12.8. The summed E-state index contributed by atoms with van der Waals surface area (Å²) in [6.07, 6.45) is -3.17. The Balaban J connectivity index is 2.11. The molecule has 3 aromatic rings. The molecule has 0 atom stereocenters. The van der Waals surface area contributed by atoms with Gasteiger partial charge >= 0.3 is 6.18 Å². The molecule has 0 saturated heterocycles. The number of rotatable bonds is 2. The number of alkyl halides is 3. The first kappa shape index (κ1) is 13.4. The molecule has 0 radical (unpaired) electrons. The van der Waals surface area contributed by atoms with Crippen molar-refractivity contribution in [3.05, 3.63) is 48.4 Å². The molecule has 7 heteroatoms. The lowest BCUT2D eigenvalue weighted by Crippen LogP contribution is -2.10. The van der Waals surface area contributed by atoms with Gasteiger partial charge in [-0.1, -0.05) is 12.1 Å². The van der Waals surface area contributed by atoms with Crippen LogP contribution in [0.2, 0.25) is 0 Å². The van der Waals surface area contributed by atoms with E-state index in [1.54, 1.807) is 37.4 Å². The highest BCUT2D eigenvalue weighted by atomic mass is 19.4. The second-order valence-electron chi connectivity index (χ2n) is 4.40. The fourth-order valence-electron chi connectivity index (χ4n) is 2.04. The van der Waals surface area contributed by atoms with Crippen molar-refractivity contribution in [2.45, 2.75) is 6.18 Å². The van der Waals surface area contributed by atoms with E-state index in [1.807, 2.05) is 0 Å². The van der Waals surface area contributed by atoms with E-state index in [-0.39, 0.29) is 5.65 Å². The highest BCUT2D eigenvalue weighted by molar-refractivity contribution is 5.65. The van der Waals surface area contributed by atoms with Gasteiger partial charge in [-0.2, -0.15) is 13.2 Å². The highest BCUT2D eigenvalue weighted by Crippen LogP contribution is 2.29. The average molecular weight is 293 g/mol. The van der Waals surface area contributed by atoms with Gasteiger partial charge in [0.15, 0.2) is 5.65 Å². The van der Waals surface area contributed by atoms with E-state index in [9.17, 15) is 13.2 Å². The maximum atomic E-state index is 12.8. The fourth-order valence-corrected chi connectivity index (χ4v) is 2.04. The fraction of sp³-hybridized carbons (Fsp3) is 0.143. The third-order valence-electron chi connectivity index (χ3n) is 3.08. The van der Waals surface area contributed by atoms with Crippen LogP contribution in [0, 0.1) is 0 Å². The van der Waals surface area contributed by atoms with Gasteiger partial charge < -0.3 is 4.74 Å². The molecule has 1 aromatic carbocycles. The van der Waals surface area contributed by atoms with Crippen molar-refractivity contribution < 1.29 is 17.9 Å². The van der Waals surface area contributed by atoms with E-state index in [4.69, 9.17) is 4.74 Å². The first-order valence-corrected chi connectivity index (χ1v) is 6.05. The minimum atomic E-state index is -4.54. The van der Waals surface area contributed by atoms with Crippen LogP contribution in [0.15, 0.2) is 42.6 Å². The van der Waals surface area contributed by atoms with Gasteiger partial charge in [0.05, 0.1) is 7.11 Å². The summed E-state index contributed by atoms with van der Waals surface area (Å²) < 4.78 is 44.5. The lowest BCUT2D eigenvalue weighted by Gasteiger charge is -2.07. The molecule has 108 valence electrons. The number of benzene rings is 1. The van der Waals surface area contributed by atoms with Gasteiger partial charge in [-0.25, -0.2) is 0 Å². The molecule has 0 unspecified atom stereocenters. The number of hydrogen-bond donors (Lipinski definition) is 0. The van der Waals surface area contributed by atoms with E-state index in [0.29, 0.717) is 11.3 Å². The van der Waals surface area contributed by atoms with Crippen LogP contribution >= 0.6 is 0 Å². The number of methoxy groups -OCH3 is 1. The van der Waals surface area contributed by atoms with Crippen LogP contribution in [0.3, 0.4) is 0 Å². The van der Waals surface area contributed by atoms with Gasteiger partial charge in [0.25, 0.3) is 0 Å². The maximum Gasteiger partial charge on any atom is 0.452 e. The molecule has 0 aliphatic carbocycles. The molecular formula is C14H10F3N3O. The van der Waals surface area contributed by atoms with Gasteiger partial charge in [0, 0.05) is 6.20 Å². The van der Waals surface area contributed by atoms with Crippen molar-refractivity contribution in [1.82, 2.24) is 14.6 Å². The lowest BCUT2D eigenvalue weighted by molar-refractivity contribution is -0.145. The van der Waals surface area contributed by atoms with Gasteiger partial charge in [-0.3, -0.25) is 4.40 Å². The molecule has 21 heavy (non-hydrogen) atoms. The second-order valence-corrected chi connectivity index (χ2v) is 4.40. The van der Waals surface area contributed by atoms with E-state index < -0.39 is 12.0 Å². The molecule has 0 aliphatic heterocycles. The SMILES string of the molecule is COc1ccc(-c2ccc3nnc(C(F)(F)F)n3c2)cc1. The Bertz CT molecular complexity index is 778. The molecule has 0 bridgehead atoms. The zero-order chi connectivity index (χ0) is 15.0. The number of aromatic nitrogens is 3. The van der Waals surface area contributed by atoms with Crippen molar-refractivity contribution in [3.8, 4) is 16.9 Å². The Morgan fingerprint density at radius 3 is 2.24 bits per heavy atom. The first-order valence-electron chi connectivity index (χ1n) is 6.05. The van der Waals surface area contributed by atoms with Crippen LogP contribution < -0.4 is 4.74 Å². The Hall–Kier alpha value is -2.57. The summed E-state index contributed by atoms with van der Waals surface area (Å²) in [4.78, 5) is 0. The lowest BCUT2D eigenvalue weighted by atomic mass is 10.1. The molecule has 0 aliphatic rings. The van der Waals surface area contributed by atoms with Crippen LogP contribution in [-0.4, -0.2) is 21.7 Å². The molecular weight excluding hydrogens is 283 g/mol. The predicted octanol–water partition coefficient (Wildman–Crippen LogP) is 3.42. The van der Waals surface area contributed by atoms with E-state index in [2.05, 4.69) is 10.2 Å². The molecule has 0 N–H and O–H groups in total. The van der Waals surface area contributed by atoms with Crippen LogP contribution in [0.4, 0.5) is 13.2 Å². The van der Waals surface area contributed by atoms with Crippen molar-refractivity contribution in [2.75, 3.05) is 7.11 Å². The summed E-state index contributed by atoms with van der Waals surface area (Å²) >= 11 is 0. The summed E-state index contributed by atoms with van der Waals surface area (Å²) in [5.41, 5.74) is 1.56. The van der Waals surface area contributed by atoms with Crippen molar-refractivity contribution in [3.63, 3.8) is 0 Å². The second kappa shape index (κ2) is 4.76. The van der Waals surface area contributed by atoms with Crippen LogP contribution in [0.25, 0.3) is 16.8 Å². The number of pyridine rings is 1. The van der Waals surface area contributed by atoms with Crippen LogP contribution in [-0.2, 0) is 6.18 Å². The molecule has 2 aromatic heterocycles. The first-order chi connectivity index (χ1) is 9.99. The Kier molecular flexibility index (Phi) is 3.04. The standard InChI is InChI=1S/C14H10F3N3O/c1-21-11-5-2-9(3-6-11)10-4-7-12-18-19-13(14(15,16)17)20(12)8-10/h2-8H,1H3. The third-order valence-corrected chi connectivity index (χ3v) is 3.08. The Morgan fingerprint density at radius 1 is 0.952 bits per heavy atom. The quantitative estimate of drug-likeness (QED) is 0.726. The molecule has 3 rings (SSSR count). The van der Waals surface area contributed by atoms with Crippen molar-refractivity contribution in [1.29, 1.82) is 0 Å². The molecule has 0 spiro atoms. The van der Waals surface area contributed by atoms with Gasteiger partial charge in [-0.05, 0) is 35.4 Å². The highest BCUT2D eigenvalue weighted by Gasteiger charge is 2.36. The molecule has 0 fully saturated rings. The molecule has 2 heterocycles. The van der Waals surface area contributed by atoms with E-state index in [1.165, 1.54) is 12.3 Å². The predicted molar refractivity (Wildman–Crippen MR) is 70.0 cm³/mol.